The smallest absolute Gasteiger partial charge is 0.393 e. The number of ether oxygens (including phenoxy) is 1. The normalized spacial score (nSPS) is 12.4. The van der Waals surface area contributed by atoms with Gasteiger partial charge in [-0.1, -0.05) is 13.8 Å². The molecule has 0 aliphatic carbocycles. The molecule has 0 spiro atoms. The standard InChI is InChI=1S/C10H14F4N2O2/c1-6(2)15-3-7-4-17-9(16-7)18-5-10(13,14)8(11)12/h4,6,8,15H,3,5H2,1-2H3. The SMILES string of the molecule is CC(C)NCc1coc(OCC(F)(F)C(F)F)n1. The van der Waals surface area contributed by atoms with Gasteiger partial charge >= 0.3 is 18.4 Å². The fraction of sp³-hybridized carbons (Fsp3) is 0.700. The molecule has 18 heavy (non-hydrogen) atoms. The summed E-state index contributed by atoms with van der Waals surface area (Å²) in [5, 5.41) is 3.02. The molecule has 0 bridgehead atoms. The van der Waals surface area contributed by atoms with E-state index in [1.54, 1.807) is 0 Å². The van der Waals surface area contributed by atoms with Gasteiger partial charge in [0, 0.05) is 12.6 Å². The lowest BCUT2D eigenvalue weighted by atomic mass is 10.4. The van der Waals surface area contributed by atoms with Gasteiger partial charge in [-0.05, 0) is 0 Å². The summed E-state index contributed by atoms with van der Waals surface area (Å²) in [6, 6.07) is 0.217. The summed E-state index contributed by atoms with van der Waals surface area (Å²) < 4.78 is 57.9. The number of hydrogen-bond donors (Lipinski definition) is 1. The van der Waals surface area contributed by atoms with Gasteiger partial charge in [0.15, 0.2) is 6.61 Å². The molecule has 0 saturated carbocycles. The monoisotopic (exact) mass is 270 g/mol. The van der Waals surface area contributed by atoms with Crippen molar-refractivity contribution in [3.8, 4) is 6.08 Å². The first-order valence-corrected chi connectivity index (χ1v) is 5.28. The third-order valence-corrected chi connectivity index (χ3v) is 1.93. The van der Waals surface area contributed by atoms with E-state index >= 15 is 0 Å². The van der Waals surface area contributed by atoms with Crippen molar-refractivity contribution in [3.05, 3.63) is 12.0 Å². The van der Waals surface area contributed by atoms with Crippen LogP contribution in [0, 0.1) is 0 Å². The lowest BCUT2D eigenvalue weighted by Crippen LogP contribution is -2.33. The molecule has 104 valence electrons. The Kier molecular flexibility index (Phi) is 4.94. The molecule has 0 unspecified atom stereocenters. The zero-order valence-corrected chi connectivity index (χ0v) is 9.92. The van der Waals surface area contributed by atoms with Crippen molar-refractivity contribution in [1.82, 2.24) is 10.3 Å². The number of hydrogen-bond acceptors (Lipinski definition) is 4. The summed E-state index contributed by atoms with van der Waals surface area (Å²) in [7, 11) is 0. The average molecular weight is 270 g/mol. The van der Waals surface area contributed by atoms with Crippen LogP contribution in [0.1, 0.15) is 19.5 Å². The maximum Gasteiger partial charge on any atom is 0.393 e. The van der Waals surface area contributed by atoms with E-state index in [9.17, 15) is 17.6 Å². The van der Waals surface area contributed by atoms with E-state index in [1.807, 2.05) is 13.8 Å². The molecule has 1 aromatic heterocycles. The van der Waals surface area contributed by atoms with Gasteiger partial charge in [0.2, 0.25) is 0 Å². The second-order valence-electron chi connectivity index (χ2n) is 3.99. The molecule has 1 rings (SSSR count). The maximum absolute atomic E-state index is 12.5. The van der Waals surface area contributed by atoms with Gasteiger partial charge in [-0.25, -0.2) is 8.78 Å². The van der Waals surface area contributed by atoms with Crippen LogP contribution >= 0.6 is 0 Å². The zero-order chi connectivity index (χ0) is 13.8. The topological polar surface area (TPSA) is 47.3 Å². The van der Waals surface area contributed by atoms with Gasteiger partial charge in [0.25, 0.3) is 0 Å². The minimum atomic E-state index is -4.22. The molecule has 8 heteroatoms. The van der Waals surface area contributed by atoms with E-state index in [1.165, 1.54) is 6.26 Å². The summed E-state index contributed by atoms with van der Waals surface area (Å²) >= 11 is 0. The summed E-state index contributed by atoms with van der Waals surface area (Å²) in [4.78, 5) is 3.71. The number of oxazole rings is 1. The quantitative estimate of drug-likeness (QED) is 0.773. The Morgan fingerprint density at radius 2 is 2.11 bits per heavy atom. The van der Waals surface area contributed by atoms with E-state index in [0.717, 1.165) is 0 Å². The van der Waals surface area contributed by atoms with Crippen LogP contribution in [0.3, 0.4) is 0 Å². The molecule has 0 fully saturated rings. The molecule has 1 heterocycles. The highest BCUT2D eigenvalue weighted by atomic mass is 19.3. The van der Waals surface area contributed by atoms with E-state index in [0.29, 0.717) is 12.2 Å². The van der Waals surface area contributed by atoms with Crippen LogP contribution in [-0.4, -0.2) is 30.0 Å². The highest BCUT2D eigenvalue weighted by Crippen LogP contribution is 2.24. The van der Waals surface area contributed by atoms with E-state index in [2.05, 4.69) is 15.0 Å². The molecule has 0 amide bonds. The largest absolute Gasteiger partial charge is 0.444 e. The zero-order valence-electron chi connectivity index (χ0n) is 9.92. The van der Waals surface area contributed by atoms with E-state index in [4.69, 9.17) is 4.42 Å². The molecule has 0 radical (unpaired) electrons. The number of halogens is 4. The van der Waals surface area contributed by atoms with E-state index in [-0.39, 0.29) is 6.04 Å². The van der Waals surface area contributed by atoms with Crippen molar-refractivity contribution in [3.63, 3.8) is 0 Å². The van der Waals surface area contributed by atoms with Crippen LogP contribution < -0.4 is 10.1 Å². The second kappa shape index (κ2) is 6.03. The number of aromatic nitrogens is 1. The number of rotatable bonds is 7. The summed E-state index contributed by atoms with van der Waals surface area (Å²) in [6.45, 7) is 2.74. The molecule has 0 saturated heterocycles. The Morgan fingerprint density at radius 3 is 2.67 bits per heavy atom. The van der Waals surface area contributed by atoms with Crippen LogP contribution in [0.2, 0.25) is 0 Å². The molecule has 0 atom stereocenters. The molecule has 4 nitrogen and oxygen atoms in total. The van der Waals surface area contributed by atoms with Crippen molar-refractivity contribution in [2.24, 2.45) is 0 Å². The van der Waals surface area contributed by atoms with Crippen molar-refractivity contribution >= 4 is 0 Å². The number of nitrogens with zero attached hydrogens (tertiary/aromatic N) is 1. The van der Waals surface area contributed by atoms with Crippen molar-refractivity contribution < 1.29 is 26.7 Å². The molecule has 0 aliphatic rings. The first kappa shape index (κ1) is 14.7. The second-order valence-corrected chi connectivity index (χ2v) is 3.99. The molecule has 1 aromatic rings. The highest BCUT2D eigenvalue weighted by Gasteiger charge is 2.42. The first-order valence-electron chi connectivity index (χ1n) is 5.28. The van der Waals surface area contributed by atoms with Crippen molar-refractivity contribution in [2.75, 3.05) is 6.61 Å². The molecule has 0 aromatic carbocycles. The van der Waals surface area contributed by atoms with Gasteiger partial charge in [0.1, 0.15) is 6.26 Å². The highest BCUT2D eigenvalue weighted by molar-refractivity contribution is 4.99. The van der Waals surface area contributed by atoms with Gasteiger partial charge < -0.3 is 14.5 Å². The Hall–Kier alpha value is -1.31. The summed E-state index contributed by atoms with van der Waals surface area (Å²) in [6.07, 6.45) is -3.02. The minimum Gasteiger partial charge on any atom is -0.444 e. The lowest BCUT2D eigenvalue weighted by Gasteiger charge is -2.13. The van der Waals surface area contributed by atoms with Crippen LogP contribution in [0.5, 0.6) is 6.08 Å². The number of alkyl halides is 4. The Bertz CT molecular complexity index is 369. The van der Waals surface area contributed by atoms with Crippen LogP contribution in [0.25, 0.3) is 0 Å². The van der Waals surface area contributed by atoms with Gasteiger partial charge in [-0.2, -0.15) is 13.8 Å². The average Bonchev–Trinajstić information content (AvgIpc) is 2.71. The summed E-state index contributed by atoms with van der Waals surface area (Å²) in [5.74, 6) is -4.22. The molecule has 0 aliphatic heterocycles. The summed E-state index contributed by atoms with van der Waals surface area (Å²) in [5.41, 5.74) is 0.444. The van der Waals surface area contributed by atoms with Crippen molar-refractivity contribution in [1.29, 1.82) is 0 Å². The van der Waals surface area contributed by atoms with Gasteiger partial charge in [0.05, 0.1) is 5.69 Å². The fourth-order valence-electron chi connectivity index (χ4n) is 0.966. The molecular weight excluding hydrogens is 256 g/mol. The van der Waals surface area contributed by atoms with Gasteiger partial charge in [-0.15, -0.1) is 0 Å². The predicted molar refractivity (Wildman–Crippen MR) is 54.9 cm³/mol. The van der Waals surface area contributed by atoms with Crippen LogP contribution in [0.15, 0.2) is 10.7 Å². The molecule has 1 N–H and O–H groups in total. The number of nitrogens with one attached hydrogen (secondary N) is 1. The van der Waals surface area contributed by atoms with Gasteiger partial charge in [-0.3, -0.25) is 0 Å². The Morgan fingerprint density at radius 1 is 1.44 bits per heavy atom. The maximum atomic E-state index is 12.5. The fourth-order valence-corrected chi connectivity index (χ4v) is 0.966. The third kappa shape index (κ3) is 4.52. The first-order chi connectivity index (χ1) is 8.31. The van der Waals surface area contributed by atoms with Crippen LogP contribution in [-0.2, 0) is 6.54 Å². The minimum absolute atomic E-state index is 0.217. The van der Waals surface area contributed by atoms with Crippen molar-refractivity contribution in [2.45, 2.75) is 38.8 Å². The lowest BCUT2D eigenvalue weighted by molar-refractivity contribution is -0.151. The molecular formula is C10H14F4N2O2. The van der Waals surface area contributed by atoms with E-state index < -0.39 is 25.0 Å². The van der Waals surface area contributed by atoms with Crippen LogP contribution in [0.4, 0.5) is 17.6 Å². The predicted octanol–water partition coefficient (Wildman–Crippen LogP) is 2.45. The third-order valence-electron chi connectivity index (χ3n) is 1.93. The Balaban J connectivity index is 2.44. The Labute approximate surface area is 101 Å².